The van der Waals surface area contributed by atoms with Crippen molar-refractivity contribution in [2.45, 2.75) is 24.9 Å². The van der Waals surface area contributed by atoms with Crippen molar-refractivity contribution in [2.75, 3.05) is 18.2 Å². The van der Waals surface area contributed by atoms with Crippen LogP contribution >= 0.6 is 23.1 Å². The molecule has 0 fully saturated rings. The summed E-state index contributed by atoms with van der Waals surface area (Å²) >= 11 is 2.37. The van der Waals surface area contributed by atoms with Crippen LogP contribution in [0.1, 0.15) is 26.6 Å². The first-order valence-corrected chi connectivity index (χ1v) is 11.2. The van der Waals surface area contributed by atoms with Crippen molar-refractivity contribution in [3.8, 4) is 5.75 Å². The van der Waals surface area contributed by atoms with E-state index in [-0.39, 0.29) is 29.6 Å². The van der Waals surface area contributed by atoms with Crippen molar-refractivity contribution in [3.63, 3.8) is 0 Å². The summed E-state index contributed by atoms with van der Waals surface area (Å²) in [6.45, 7) is 1.71. The summed E-state index contributed by atoms with van der Waals surface area (Å²) in [5.74, 6) is -0.470. The number of halogens is 3. The highest BCUT2D eigenvalue weighted by atomic mass is 32.2. The fraction of sp³-hybridized carbons (Fsp3) is 0.300. The molecule has 0 aliphatic heterocycles. The van der Waals surface area contributed by atoms with Crippen LogP contribution in [0.15, 0.2) is 35.5 Å². The molecule has 8 nitrogen and oxygen atoms in total. The zero-order valence-electron chi connectivity index (χ0n) is 17.7. The number of hydrogen-bond donors (Lipinski definition) is 1. The lowest BCUT2D eigenvalue weighted by atomic mass is 10.2. The van der Waals surface area contributed by atoms with E-state index in [9.17, 15) is 22.8 Å². The second kappa shape index (κ2) is 10.3. The Balaban J connectivity index is 1.57. The lowest BCUT2D eigenvalue weighted by molar-refractivity contribution is -0.137. The zero-order valence-corrected chi connectivity index (χ0v) is 19.4. The van der Waals surface area contributed by atoms with Gasteiger partial charge in [0.2, 0.25) is 5.91 Å². The first-order valence-electron chi connectivity index (χ1n) is 9.38. The highest BCUT2D eigenvalue weighted by Gasteiger charge is 2.30. The fourth-order valence-electron chi connectivity index (χ4n) is 2.67. The Labute approximate surface area is 195 Å². The molecule has 0 bridgehead atoms. The number of aromatic nitrogens is 3. The van der Waals surface area contributed by atoms with Gasteiger partial charge in [-0.15, -0.1) is 21.5 Å². The molecule has 0 saturated carbocycles. The van der Waals surface area contributed by atoms with E-state index < -0.39 is 17.7 Å². The Morgan fingerprint density at radius 3 is 2.70 bits per heavy atom. The summed E-state index contributed by atoms with van der Waals surface area (Å²) < 4.78 is 50.2. The summed E-state index contributed by atoms with van der Waals surface area (Å²) in [4.78, 5) is 25.0. The van der Waals surface area contributed by atoms with Gasteiger partial charge in [0.15, 0.2) is 11.0 Å². The van der Waals surface area contributed by atoms with Crippen molar-refractivity contribution < 1.29 is 32.2 Å². The number of carbonyl (C=O) groups excluding carboxylic acids is 2. The topological polar surface area (TPSA) is 95.3 Å². The molecule has 0 saturated heterocycles. The van der Waals surface area contributed by atoms with Crippen LogP contribution in [0.2, 0.25) is 0 Å². The molecule has 2 aromatic heterocycles. The standard InChI is InChI=1S/C20H19F3N4O4S2/c1-11-7-14(18(29)30-3)17(33-11)24-16(28)10-32-19-26-25-15(27(19)2)9-31-13-6-4-5-12(8-13)20(21,22)23/h4-8H,9-10H2,1-3H3,(H,24,28). The highest BCUT2D eigenvalue weighted by molar-refractivity contribution is 7.99. The molecule has 0 aliphatic rings. The number of nitrogens with zero attached hydrogens (tertiary/aromatic N) is 3. The SMILES string of the molecule is COC(=O)c1cc(C)sc1NC(=O)CSc1nnc(COc2cccc(C(F)(F)F)c2)n1C. The van der Waals surface area contributed by atoms with Gasteiger partial charge in [-0.1, -0.05) is 17.8 Å². The predicted octanol–water partition coefficient (Wildman–Crippen LogP) is 4.30. The molecular weight excluding hydrogens is 481 g/mol. The van der Waals surface area contributed by atoms with Gasteiger partial charge in [0.05, 0.1) is 24.0 Å². The molecule has 2 heterocycles. The van der Waals surface area contributed by atoms with Crippen LogP contribution in [-0.4, -0.2) is 39.5 Å². The van der Waals surface area contributed by atoms with Crippen LogP contribution in [0.5, 0.6) is 5.75 Å². The fourth-order valence-corrected chi connectivity index (χ4v) is 4.31. The Bertz CT molecular complexity index is 1160. The smallest absolute Gasteiger partial charge is 0.416 e. The average molecular weight is 501 g/mol. The molecule has 13 heteroatoms. The van der Waals surface area contributed by atoms with Gasteiger partial charge >= 0.3 is 12.1 Å². The van der Waals surface area contributed by atoms with E-state index in [1.54, 1.807) is 17.7 Å². The van der Waals surface area contributed by atoms with E-state index >= 15 is 0 Å². The van der Waals surface area contributed by atoms with E-state index in [1.807, 2.05) is 6.92 Å². The second-order valence-corrected chi connectivity index (χ2v) is 8.90. The monoisotopic (exact) mass is 500 g/mol. The van der Waals surface area contributed by atoms with Gasteiger partial charge in [-0.2, -0.15) is 13.2 Å². The minimum Gasteiger partial charge on any atom is -0.486 e. The molecular formula is C20H19F3N4O4S2. The Hall–Kier alpha value is -3.06. The molecule has 176 valence electrons. The van der Waals surface area contributed by atoms with Crippen molar-refractivity contribution in [2.24, 2.45) is 7.05 Å². The zero-order chi connectivity index (χ0) is 24.2. The molecule has 0 atom stereocenters. The Kier molecular flexibility index (Phi) is 7.64. The van der Waals surface area contributed by atoms with Crippen molar-refractivity contribution in [3.05, 3.63) is 52.2 Å². The maximum Gasteiger partial charge on any atom is 0.416 e. The molecule has 1 aromatic carbocycles. The number of carbonyl (C=O) groups is 2. The number of methoxy groups -OCH3 is 1. The van der Waals surface area contributed by atoms with E-state index in [2.05, 4.69) is 15.5 Å². The van der Waals surface area contributed by atoms with Crippen LogP contribution in [0, 0.1) is 6.92 Å². The van der Waals surface area contributed by atoms with Crippen LogP contribution < -0.4 is 10.1 Å². The average Bonchev–Trinajstić information content (AvgIpc) is 3.31. The van der Waals surface area contributed by atoms with Crippen LogP contribution in [0.3, 0.4) is 0 Å². The van der Waals surface area contributed by atoms with Gasteiger partial charge < -0.3 is 19.4 Å². The lowest BCUT2D eigenvalue weighted by Gasteiger charge is -2.10. The molecule has 1 amide bonds. The van der Waals surface area contributed by atoms with Gasteiger partial charge in [0.1, 0.15) is 17.4 Å². The first kappa shape index (κ1) is 24.6. The Morgan fingerprint density at radius 1 is 1.24 bits per heavy atom. The van der Waals surface area contributed by atoms with Crippen molar-refractivity contribution in [1.29, 1.82) is 0 Å². The molecule has 0 aliphatic carbocycles. The number of esters is 1. The highest BCUT2D eigenvalue weighted by Crippen LogP contribution is 2.31. The minimum atomic E-state index is -4.46. The number of thiophene rings is 1. The van der Waals surface area contributed by atoms with E-state index in [0.717, 1.165) is 28.8 Å². The van der Waals surface area contributed by atoms with Crippen LogP contribution in [-0.2, 0) is 29.4 Å². The van der Waals surface area contributed by atoms with Gasteiger partial charge in [0.25, 0.3) is 0 Å². The first-order chi connectivity index (χ1) is 15.6. The molecule has 33 heavy (non-hydrogen) atoms. The van der Waals surface area contributed by atoms with E-state index in [4.69, 9.17) is 9.47 Å². The summed E-state index contributed by atoms with van der Waals surface area (Å²) in [5.41, 5.74) is -0.525. The third-order valence-electron chi connectivity index (χ3n) is 4.30. The maximum absolute atomic E-state index is 12.8. The third kappa shape index (κ3) is 6.26. The number of thioether (sulfide) groups is 1. The lowest BCUT2D eigenvalue weighted by Crippen LogP contribution is -2.16. The van der Waals surface area contributed by atoms with Gasteiger partial charge in [-0.3, -0.25) is 4.79 Å². The van der Waals surface area contributed by atoms with E-state index in [1.165, 1.54) is 30.6 Å². The van der Waals surface area contributed by atoms with Crippen molar-refractivity contribution >= 4 is 40.0 Å². The van der Waals surface area contributed by atoms with Gasteiger partial charge in [-0.25, -0.2) is 4.79 Å². The molecule has 3 rings (SSSR count). The molecule has 0 radical (unpaired) electrons. The quantitative estimate of drug-likeness (QED) is 0.364. The third-order valence-corrected chi connectivity index (χ3v) is 6.29. The van der Waals surface area contributed by atoms with Crippen LogP contribution in [0.25, 0.3) is 0 Å². The number of amides is 1. The summed E-state index contributed by atoms with van der Waals surface area (Å²) in [5, 5.41) is 11.5. The number of rotatable bonds is 8. The number of aryl methyl sites for hydroxylation is 1. The van der Waals surface area contributed by atoms with Crippen molar-refractivity contribution in [1.82, 2.24) is 14.8 Å². The second-order valence-electron chi connectivity index (χ2n) is 6.70. The maximum atomic E-state index is 12.8. The molecule has 0 unspecified atom stereocenters. The van der Waals surface area contributed by atoms with Gasteiger partial charge in [-0.05, 0) is 31.2 Å². The summed E-state index contributed by atoms with van der Waals surface area (Å²) in [6.07, 6.45) is -4.46. The number of nitrogens with one attached hydrogen (secondary N) is 1. The normalized spacial score (nSPS) is 11.3. The molecule has 1 N–H and O–H groups in total. The van der Waals surface area contributed by atoms with E-state index in [0.29, 0.717) is 16.0 Å². The number of benzene rings is 1. The Morgan fingerprint density at radius 2 is 2.00 bits per heavy atom. The number of anilines is 1. The van der Waals surface area contributed by atoms with Gasteiger partial charge in [0, 0.05) is 11.9 Å². The minimum absolute atomic E-state index is 0.00197. The number of ether oxygens (including phenoxy) is 2. The molecule has 0 spiro atoms. The number of alkyl halides is 3. The summed E-state index contributed by atoms with van der Waals surface area (Å²) in [7, 11) is 2.92. The summed E-state index contributed by atoms with van der Waals surface area (Å²) in [6, 6.07) is 6.18. The number of hydrogen-bond acceptors (Lipinski definition) is 8. The van der Waals surface area contributed by atoms with Crippen LogP contribution in [0.4, 0.5) is 18.2 Å². The largest absolute Gasteiger partial charge is 0.486 e. The predicted molar refractivity (Wildman–Crippen MR) is 117 cm³/mol. The molecule has 3 aromatic rings.